The lowest BCUT2D eigenvalue weighted by atomic mass is 10.1. The first-order chi connectivity index (χ1) is 15.1. The highest BCUT2D eigenvalue weighted by Crippen LogP contribution is 2.31. The lowest BCUT2D eigenvalue weighted by Crippen LogP contribution is -2.22. The van der Waals surface area contributed by atoms with Crippen molar-refractivity contribution in [3.63, 3.8) is 0 Å². The Balaban J connectivity index is 1.39. The fourth-order valence-corrected chi connectivity index (χ4v) is 3.54. The number of aromatic amines is 1. The van der Waals surface area contributed by atoms with Crippen LogP contribution in [0, 0.1) is 6.92 Å². The molecule has 0 saturated carbocycles. The molecule has 1 N–H and O–H groups in total. The summed E-state index contributed by atoms with van der Waals surface area (Å²) in [5.41, 5.74) is 2.53. The summed E-state index contributed by atoms with van der Waals surface area (Å²) in [6.07, 6.45) is 3.07. The van der Waals surface area contributed by atoms with Gasteiger partial charge in [0.15, 0.2) is 0 Å². The molecule has 0 aliphatic heterocycles. The Bertz CT molecular complexity index is 1490. The van der Waals surface area contributed by atoms with Crippen molar-refractivity contribution >= 4 is 27.9 Å². The molecule has 152 valence electrons. The van der Waals surface area contributed by atoms with Crippen molar-refractivity contribution in [1.29, 1.82) is 0 Å². The molecule has 5 aromatic rings. The first kappa shape index (κ1) is 18.7. The second-order valence-electron chi connectivity index (χ2n) is 7.13. The molecule has 0 radical (unpaired) electrons. The highest BCUT2D eigenvalue weighted by atomic mass is 16.5. The number of esters is 1. The van der Waals surface area contributed by atoms with Gasteiger partial charge in [-0.1, -0.05) is 18.2 Å². The van der Waals surface area contributed by atoms with Crippen LogP contribution in [-0.2, 0) is 11.2 Å². The van der Waals surface area contributed by atoms with Gasteiger partial charge in [0, 0.05) is 40.0 Å². The van der Waals surface area contributed by atoms with E-state index in [2.05, 4.69) is 15.0 Å². The summed E-state index contributed by atoms with van der Waals surface area (Å²) >= 11 is 0. The SMILES string of the molecule is Cc1nc(-c2cccnc2)[nH]c(=O)c1CC(=O)Oc1ccc2oc3ccccc3c2c1. The van der Waals surface area contributed by atoms with Crippen LogP contribution >= 0.6 is 0 Å². The Labute approximate surface area is 176 Å². The molecule has 3 aromatic heterocycles. The minimum Gasteiger partial charge on any atom is -0.456 e. The number of furan rings is 1. The standard InChI is InChI=1S/C24H17N3O4/c1-14-18(24(29)27-23(26-14)15-5-4-10-25-13-15)12-22(28)30-16-8-9-21-19(11-16)17-6-2-3-7-20(17)31-21/h2-11,13H,12H2,1H3,(H,26,27,29). The molecule has 3 heterocycles. The van der Waals surface area contributed by atoms with Crippen molar-refractivity contribution in [3.05, 3.63) is 88.6 Å². The van der Waals surface area contributed by atoms with E-state index in [9.17, 15) is 9.59 Å². The van der Waals surface area contributed by atoms with E-state index in [1.807, 2.05) is 24.3 Å². The third kappa shape index (κ3) is 3.57. The van der Waals surface area contributed by atoms with E-state index in [-0.39, 0.29) is 17.5 Å². The van der Waals surface area contributed by atoms with Gasteiger partial charge in [-0.3, -0.25) is 14.6 Å². The molecule has 7 heteroatoms. The van der Waals surface area contributed by atoms with Crippen molar-refractivity contribution in [2.24, 2.45) is 0 Å². The molecule has 0 amide bonds. The second kappa shape index (κ2) is 7.53. The fraction of sp³-hybridized carbons (Fsp3) is 0.0833. The van der Waals surface area contributed by atoms with Crippen LogP contribution in [0.25, 0.3) is 33.3 Å². The molecule has 0 aliphatic carbocycles. The summed E-state index contributed by atoms with van der Waals surface area (Å²) in [7, 11) is 0. The van der Waals surface area contributed by atoms with Crippen molar-refractivity contribution < 1.29 is 13.9 Å². The zero-order chi connectivity index (χ0) is 21.4. The number of pyridine rings is 1. The average molecular weight is 411 g/mol. The summed E-state index contributed by atoms with van der Waals surface area (Å²) in [6.45, 7) is 1.70. The summed E-state index contributed by atoms with van der Waals surface area (Å²) in [6, 6.07) is 16.4. The van der Waals surface area contributed by atoms with Gasteiger partial charge in [0.2, 0.25) is 0 Å². The molecule has 5 rings (SSSR count). The van der Waals surface area contributed by atoms with Gasteiger partial charge in [-0.05, 0) is 43.3 Å². The molecule has 0 aliphatic rings. The van der Waals surface area contributed by atoms with Crippen LogP contribution in [0.15, 0.2) is 76.2 Å². The van der Waals surface area contributed by atoms with Crippen LogP contribution in [0.2, 0.25) is 0 Å². The number of nitrogens with one attached hydrogen (secondary N) is 1. The first-order valence-corrected chi connectivity index (χ1v) is 9.70. The zero-order valence-electron chi connectivity index (χ0n) is 16.6. The van der Waals surface area contributed by atoms with Crippen LogP contribution in [-0.4, -0.2) is 20.9 Å². The third-order valence-electron chi connectivity index (χ3n) is 5.06. The number of benzene rings is 2. The molecule has 0 bridgehead atoms. The number of aromatic nitrogens is 3. The van der Waals surface area contributed by atoms with Gasteiger partial charge in [-0.2, -0.15) is 0 Å². The Morgan fingerprint density at radius 2 is 1.90 bits per heavy atom. The van der Waals surface area contributed by atoms with Crippen molar-refractivity contribution in [3.8, 4) is 17.1 Å². The number of hydrogen-bond donors (Lipinski definition) is 1. The van der Waals surface area contributed by atoms with Gasteiger partial charge in [-0.15, -0.1) is 0 Å². The summed E-state index contributed by atoms with van der Waals surface area (Å²) < 4.78 is 11.3. The van der Waals surface area contributed by atoms with E-state index in [0.717, 1.165) is 16.4 Å². The lowest BCUT2D eigenvalue weighted by Gasteiger charge is -2.08. The molecule has 2 aromatic carbocycles. The number of rotatable bonds is 4. The fourth-order valence-electron chi connectivity index (χ4n) is 3.54. The number of carbonyl (C=O) groups excluding carboxylic acids is 1. The predicted octanol–water partition coefficient (Wildman–Crippen LogP) is 4.19. The molecule has 7 nitrogen and oxygen atoms in total. The molecular formula is C24H17N3O4. The molecule has 0 atom stereocenters. The minimum atomic E-state index is -0.545. The maximum Gasteiger partial charge on any atom is 0.315 e. The number of para-hydroxylation sites is 1. The van der Waals surface area contributed by atoms with E-state index in [4.69, 9.17) is 9.15 Å². The molecule has 0 unspecified atom stereocenters. The predicted molar refractivity (Wildman–Crippen MR) is 116 cm³/mol. The van der Waals surface area contributed by atoms with Crippen molar-refractivity contribution in [2.75, 3.05) is 0 Å². The van der Waals surface area contributed by atoms with Crippen molar-refractivity contribution in [2.45, 2.75) is 13.3 Å². The lowest BCUT2D eigenvalue weighted by molar-refractivity contribution is -0.133. The normalized spacial score (nSPS) is 11.1. The maximum absolute atomic E-state index is 12.6. The highest BCUT2D eigenvalue weighted by Gasteiger charge is 2.16. The number of aryl methyl sites for hydroxylation is 1. The van der Waals surface area contributed by atoms with E-state index in [0.29, 0.717) is 28.4 Å². The Kier molecular flexibility index (Phi) is 4.55. The van der Waals surface area contributed by atoms with E-state index >= 15 is 0 Å². The summed E-state index contributed by atoms with van der Waals surface area (Å²) in [5.74, 6) is 0.250. The minimum absolute atomic E-state index is 0.189. The van der Waals surface area contributed by atoms with Crippen LogP contribution < -0.4 is 10.3 Å². The monoisotopic (exact) mass is 411 g/mol. The molecule has 0 saturated heterocycles. The third-order valence-corrected chi connectivity index (χ3v) is 5.06. The smallest absolute Gasteiger partial charge is 0.315 e. The van der Waals surface area contributed by atoms with Gasteiger partial charge in [0.05, 0.1) is 6.42 Å². The van der Waals surface area contributed by atoms with Gasteiger partial charge in [-0.25, -0.2) is 4.98 Å². The van der Waals surface area contributed by atoms with Crippen LogP contribution in [0.1, 0.15) is 11.3 Å². The van der Waals surface area contributed by atoms with Gasteiger partial charge in [0.25, 0.3) is 5.56 Å². The Hall–Kier alpha value is -4.26. The molecule has 0 spiro atoms. The van der Waals surface area contributed by atoms with Crippen LogP contribution in [0.4, 0.5) is 0 Å². The molecule has 0 fully saturated rings. The number of nitrogens with zero attached hydrogens (tertiary/aromatic N) is 2. The topological polar surface area (TPSA) is 98.1 Å². The van der Waals surface area contributed by atoms with Crippen LogP contribution in [0.5, 0.6) is 5.75 Å². The number of H-pyrrole nitrogens is 1. The van der Waals surface area contributed by atoms with Gasteiger partial charge in [0.1, 0.15) is 22.7 Å². The second-order valence-corrected chi connectivity index (χ2v) is 7.13. The Morgan fingerprint density at radius 1 is 1.06 bits per heavy atom. The number of fused-ring (bicyclic) bond motifs is 3. The maximum atomic E-state index is 12.6. The Morgan fingerprint density at radius 3 is 2.71 bits per heavy atom. The molecular weight excluding hydrogens is 394 g/mol. The van der Waals surface area contributed by atoms with E-state index in [1.165, 1.54) is 0 Å². The zero-order valence-corrected chi connectivity index (χ0v) is 16.6. The molecule has 31 heavy (non-hydrogen) atoms. The van der Waals surface area contributed by atoms with Crippen molar-refractivity contribution in [1.82, 2.24) is 15.0 Å². The number of ether oxygens (including phenoxy) is 1. The van der Waals surface area contributed by atoms with E-state index < -0.39 is 5.97 Å². The largest absolute Gasteiger partial charge is 0.456 e. The summed E-state index contributed by atoms with van der Waals surface area (Å²) in [4.78, 5) is 36.3. The highest BCUT2D eigenvalue weighted by molar-refractivity contribution is 6.05. The first-order valence-electron chi connectivity index (χ1n) is 9.70. The van der Waals surface area contributed by atoms with Gasteiger partial charge < -0.3 is 14.1 Å². The van der Waals surface area contributed by atoms with Gasteiger partial charge >= 0.3 is 5.97 Å². The number of carbonyl (C=O) groups is 1. The average Bonchev–Trinajstić information content (AvgIpc) is 3.15. The number of hydrogen-bond acceptors (Lipinski definition) is 6. The summed E-state index contributed by atoms with van der Waals surface area (Å²) in [5, 5.41) is 1.80. The van der Waals surface area contributed by atoms with Crippen LogP contribution in [0.3, 0.4) is 0 Å². The quantitative estimate of drug-likeness (QED) is 0.352. The van der Waals surface area contributed by atoms with E-state index in [1.54, 1.807) is 49.6 Å².